The Labute approximate surface area is 109 Å². The molecule has 1 heterocycles. The second-order valence-electron chi connectivity index (χ2n) is 5.28. The quantitative estimate of drug-likeness (QED) is 0.811. The third-order valence-electron chi connectivity index (χ3n) is 2.62. The average molecular weight is 250 g/mol. The molecule has 17 heavy (non-hydrogen) atoms. The van der Waals surface area contributed by atoms with Crippen molar-refractivity contribution in [3.8, 4) is 12.3 Å². The molecule has 0 fully saturated rings. The third kappa shape index (κ3) is 4.49. The smallest absolute Gasteiger partial charge is 0.0981 e. The predicted molar refractivity (Wildman–Crippen MR) is 75.2 cm³/mol. The van der Waals surface area contributed by atoms with E-state index >= 15 is 0 Å². The summed E-state index contributed by atoms with van der Waals surface area (Å²) >= 11 is 1.79. The monoisotopic (exact) mass is 250 g/mol. The van der Waals surface area contributed by atoms with E-state index in [4.69, 9.17) is 6.42 Å². The summed E-state index contributed by atoms with van der Waals surface area (Å²) in [7, 11) is 0. The third-order valence-corrected chi connectivity index (χ3v) is 4.04. The predicted octanol–water partition coefficient (Wildman–Crippen LogP) is 3.33. The lowest BCUT2D eigenvalue weighted by molar-refractivity contribution is 0.509. The van der Waals surface area contributed by atoms with Crippen LogP contribution in [0, 0.1) is 12.3 Å². The minimum Gasteiger partial charge on any atom is -0.308 e. The van der Waals surface area contributed by atoms with Gasteiger partial charge in [-0.2, -0.15) is 0 Å². The van der Waals surface area contributed by atoms with Gasteiger partial charge in [-0.25, -0.2) is 4.98 Å². The Balaban J connectivity index is 2.53. The number of hydrogen-bond donors (Lipinski definition) is 1. The largest absolute Gasteiger partial charge is 0.308 e. The van der Waals surface area contributed by atoms with Gasteiger partial charge in [0, 0.05) is 35.5 Å². The summed E-state index contributed by atoms with van der Waals surface area (Å²) in [6.45, 7) is 9.60. The summed E-state index contributed by atoms with van der Waals surface area (Å²) in [6, 6.07) is 0.417. The maximum Gasteiger partial charge on any atom is 0.0981 e. The van der Waals surface area contributed by atoms with Gasteiger partial charge in [-0.05, 0) is 6.42 Å². The van der Waals surface area contributed by atoms with E-state index in [0.717, 1.165) is 19.4 Å². The molecule has 1 unspecified atom stereocenters. The summed E-state index contributed by atoms with van der Waals surface area (Å²) in [5.41, 5.74) is 0.145. The van der Waals surface area contributed by atoms with Gasteiger partial charge >= 0.3 is 0 Å². The van der Waals surface area contributed by atoms with E-state index in [2.05, 4.69) is 43.9 Å². The summed E-state index contributed by atoms with van der Waals surface area (Å²) < 4.78 is 0. The lowest BCUT2D eigenvalue weighted by atomic mass is 9.98. The highest BCUT2D eigenvalue weighted by Gasteiger charge is 2.18. The molecule has 0 aliphatic carbocycles. The van der Waals surface area contributed by atoms with Crippen LogP contribution in [0.4, 0.5) is 0 Å². The molecule has 0 aliphatic heterocycles. The second-order valence-corrected chi connectivity index (χ2v) is 6.39. The summed E-state index contributed by atoms with van der Waals surface area (Å²) in [5.74, 6) is 2.71. The maximum absolute atomic E-state index is 5.34. The Bertz CT molecular complexity index is 382. The van der Waals surface area contributed by atoms with Gasteiger partial charge in [0.15, 0.2) is 0 Å². The van der Waals surface area contributed by atoms with Crippen LogP contribution in [0.5, 0.6) is 0 Å². The molecule has 94 valence electrons. The summed E-state index contributed by atoms with van der Waals surface area (Å²) in [5, 5.41) is 4.67. The number of terminal acetylenes is 1. The molecule has 2 nitrogen and oxygen atoms in total. The van der Waals surface area contributed by atoms with Gasteiger partial charge in [0.05, 0.1) is 5.01 Å². The van der Waals surface area contributed by atoms with Crippen LogP contribution < -0.4 is 5.32 Å². The Morgan fingerprint density at radius 3 is 2.71 bits per heavy atom. The fraction of sp³-hybridized carbons (Fsp3) is 0.643. The highest BCUT2D eigenvalue weighted by Crippen LogP contribution is 2.26. The molecule has 1 rings (SSSR count). The number of aromatic nitrogens is 1. The van der Waals surface area contributed by atoms with Gasteiger partial charge in [-0.3, -0.25) is 0 Å². The Hall–Kier alpha value is -0.850. The molecule has 0 spiro atoms. The van der Waals surface area contributed by atoms with E-state index in [9.17, 15) is 0 Å². The molecular weight excluding hydrogens is 228 g/mol. The van der Waals surface area contributed by atoms with Crippen molar-refractivity contribution in [2.45, 2.75) is 58.5 Å². The minimum absolute atomic E-state index is 0.145. The molecule has 0 aliphatic rings. The Morgan fingerprint density at radius 2 is 2.24 bits per heavy atom. The zero-order valence-electron chi connectivity index (χ0n) is 11.2. The van der Waals surface area contributed by atoms with Crippen LogP contribution in [0.25, 0.3) is 0 Å². The molecule has 1 aromatic heterocycles. The van der Waals surface area contributed by atoms with Crippen LogP contribution in [0.1, 0.15) is 50.4 Å². The van der Waals surface area contributed by atoms with Crippen molar-refractivity contribution in [1.29, 1.82) is 0 Å². The van der Waals surface area contributed by atoms with E-state index in [0.29, 0.717) is 6.04 Å². The van der Waals surface area contributed by atoms with Gasteiger partial charge in [-0.1, -0.05) is 27.7 Å². The Kier molecular flexibility index (Phi) is 5.17. The van der Waals surface area contributed by atoms with Crippen LogP contribution in [0.3, 0.4) is 0 Å². The second kappa shape index (κ2) is 6.18. The van der Waals surface area contributed by atoms with E-state index in [1.54, 1.807) is 11.3 Å². The van der Waals surface area contributed by atoms with E-state index in [1.807, 2.05) is 6.20 Å². The van der Waals surface area contributed by atoms with Crippen molar-refractivity contribution in [3.05, 3.63) is 16.1 Å². The fourth-order valence-corrected chi connectivity index (χ4v) is 2.40. The number of nitrogens with one attached hydrogen (secondary N) is 1. The first-order chi connectivity index (χ1) is 7.97. The van der Waals surface area contributed by atoms with Gasteiger partial charge in [-0.15, -0.1) is 23.7 Å². The molecule has 3 heteroatoms. The van der Waals surface area contributed by atoms with Crippen LogP contribution in [0.15, 0.2) is 6.20 Å². The molecule has 1 atom stereocenters. The minimum atomic E-state index is 0.145. The van der Waals surface area contributed by atoms with Crippen molar-refractivity contribution in [3.63, 3.8) is 0 Å². The normalized spacial score (nSPS) is 13.4. The first kappa shape index (κ1) is 14.2. The number of hydrogen-bond acceptors (Lipinski definition) is 3. The molecule has 0 radical (unpaired) electrons. The van der Waals surface area contributed by atoms with Crippen LogP contribution in [0.2, 0.25) is 0 Å². The van der Waals surface area contributed by atoms with Crippen LogP contribution >= 0.6 is 11.3 Å². The zero-order chi connectivity index (χ0) is 12.9. The van der Waals surface area contributed by atoms with Crippen molar-refractivity contribution < 1.29 is 0 Å². The molecule has 0 saturated heterocycles. The fourth-order valence-electron chi connectivity index (χ4n) is 1.48. The van der Waals surface area contributed by atoms with Crippen molar-refractivity contribution in [1.82, 2.24) is 10.3 Å². The van der Waals surface area contributed by atoms with Crippen molar-refractivity contribution >= 4 is 11.3 Å². The van der Waals surface area contributed by atoms with E-state index in [1.165, 1.54) is 9.88 Å². The lowest BCUT2D eigenvalue weighted by Gasteiger charge is -2.14. The topological polar surface area (TPSA) is 24.9 Å². The van der Waals surface area contributed by atoms with Crippen molar-refractivity contribution in [2.75, 3.05) is 0 Å². The molecule has 1 aromatic rings. The van der Waals surface area contributed by atoms with Gasteiger partial charge in [0.25, 0.3) is 0 Å². The first-order valence-corrected chi connectivity index (χ1v) is 6.91. The molecular formula is C14H22N2S. The van der Waals surface area contributed by atoms with Crippen LogP contribution in [-0.4, -0.2) is 11.0 Å². The van der Waals surface area contributed by atoms with E-state index in [-0.39, 0.29) is 5.41 Å². The number of nitrogens with zero attached hydrogens (tertiary/aromatic N) is 1. The maximum atomic E-state index is 5.34. The molecule has 0 saturated carbocycles. The summed E-state index contributed by atoms with van der Waals surface area (Å²) in [6.07, 6.45) is 9.17. The first-order valence-electron chi connectivity index (χ1n) is 6.09. The molecule has 0 bridgehead atoms. The molecule has 0 aromatic carbocycles. The molecule has 0 amide bonds. The van der Waals surface area contributed by atoms with Gasteiger partial charge < -0.3 is 5.32 Å². The standard InChI is InChI=1S/C14H22N2S/c1-6-8-11(7-2)15-9-12-10-16-13(17-12)14(3,4)5/h1,10-11,15H,7-9H2,2-5H3. The lowest BCUT2D eigenvalue weighted by Crippen LogP contribution is -2.27. The average Bonchev–Trinajstić information content (AvgIpc) is 2.72. The molecule has 1 N–H and O–H groups in total. The SMILES string of the molecule is C#CCC(CC)NCc1cnc(C(C)(C)C)s1. The Morgan fingerprint density at radius 1 is 1.53 bits per heavy atom. The highest BCUT2D eigenvalue weighted by atomic mass is 32.1. The van der Waals surface area contributed by atoms with Crippen molar-refractivity contribution in [2.24, 2.45) is 0 Å². The van der Waals surface area contributed by atoms with Crippen LogP contribution in [-0.2, 0) is 12.0 Å². The van der Waals surface area contributed by atoms with E-state index < -0.39 is 0 Å². The number of rotatable bonds is 5. The highest BCUT2D eigenvalue weighted by molar-refractivity contribution is 7.11. The van der Waals surface area contributed by atoms with Gasteiger partial charge in [0.1, 0.15) is 0 Å². The van der Waals surface area contributed by atoms with Gasteiger partial charge in [0.2, 0.25) is 0 Å². The number of thiazole rings is 1. The summed E-state index contributed by atoms with van der Waals surface area (Å²) in [4.78, 5) is 5.76. The zero-order valence-corrected chi connectivity index (χ0v) is 12.0.